The molecule has 0 aromatic rings. The molecular formula is C30H44O4. The Balaban J connectivity index is 1.61. The van der Waals surface area contributed by atoms with Crippen molar-refractivity contribution in [2.24, 2.45) is 45.3 Å². The van der Waals surface area contributed by atoms with E-state index in [2.05, 4.69) is 47.6 Å². The van der Waals surface area contributed by atoms with E-state index >= 15 is 0 Å². The molecule has 188 valence electrons. The molecule has 34 heavy (non-hydrogen) atoms. The molecule has 4 aliphatic rings. The molecule has 0 radical (unpaired) electrons. The van der Waals surface area contributed by atoms with Crippen molar-refractivity contribution in [3.05, 3.63) is 23.3 Å². The first kappa shape index (κ1) is 25.4. The Morgan fingerprint density at radius 3 is 2.44 bits per heavy atom. The molecule has 0 saturated heterocycles. The largest absolute Gasteiger partial charge is 0.478 e. The van der Waals surface area contributed by atoms with Crippen LogP contribution in [0.2, 0.25) is 0 Å². The minimum absolute atomic E-state index is 0.0698. The molecule has 0 aromatic heterocycles. The maximum Gasteiger partial charge on any atom is 0.331 e. The molecule has 0 bridgehead atoms. The minimum atomic E-state index is -1.02. The maximum atomic E-state index is 12.8. The number of hydrogen-bond donors (Lipinski definition) is 1. The number of Topliss-reactive ketones (excluding diaryl/α,β-unsaturated/α-hetero) is 1. The van der Waals surface area contributed by atoms with Gasteiger partial charge < -0.3 is 5.11 Å². The van der Waals surface area contributed by atoms with Crippen molar-refractivity contribution in [2.45, 2.75) is 99.8 Å². The number of carbonyl (C=O) groups is 3. The molecule has 0 amide bonds. The van der Waals surface area contributed by atoms with Crippen molar-refractivity contribution in [3.8, 4) is 0 Å². The van der Waals surface area contributed by atoms with Crippen molar-refractivity contribution in [2.75, 3.05) is 0 Å². The normalized spacial score (nSPS) is 42.2. The van der Waals surface area contributed by atoms with Crippen LogP contribution in [-0.2, 0) is 14.4 Å². The Bertz CT molecular complexity index is 970. The van der Waals surface area contributed by atoms with Gasteiger partial charge in [0.25, 0.3) is 0 Å². The van der Waals surface area contributed by atoms with Gasteiger partial charge in [0, 0.05) is 23.8 Å². The second-order valence-electron chi connectivity index (χ2n) is 13.4. The SMILES string of the molecule is C/C(=C/C(=O)C[C@@H](C)[C@H]1CC[C@@]2(C)C3=CC[C@H]4C(C)(C)C(=O)CC[C@]4(C)[C@@H]3CC[C@]12C)C(=O)O. The van der Waals surface area contributed by atoms with Crippen LogP contribution < -0.4 is 0 Å². The standard InChI is InChI=1S/C30H44O4/c1-18(16-20(31)17-19(2)26(33)34)21-10-14-30(7)23-8-9-24-27(3,4)25(32)12-13-28(24,5)22(23)11-15-29(21,30)6/h8,17-18,21-22,24H,9-16H2,1-7H3,(H,33,34)/b19-17-/t18-,21-,22-,24+,28-,29-,30+/m1/s1. The minimum Gasteiger partial charge on any atom is -0.478 e. The zero-order valence-electron chi connectivity index (χ0n) is 22.3. The first-order valence-corrected chi connectivity index (χ1v) is 13.4. The molecule has 0 unspecified atom stereocenters. The summed E-state index contributed by atoms with van der Waals surface area (Å²) >= 11 is 0. The van der Waals surface area contributed by atoms with Crippen LogP contribution in [0.25, 0.3) is 0 Å². The Morgan fingerprint density at radius 2 is 1.79 bits per heavy atom. The van der Waals surface area contributed by atoms with Gasteiger partial charge in [-0.1, -0.05) is 53.2 Å². The molecule has 1 N–H and O–H groups in total. The number of carbonyl (C=O) groups excluding carboxylic acids is 2. The van der Waals surface area contributed by atoms with Gasteiger partial charge in [0.2, 0.25) is 0 Å². The number of fused-ring (bicyclic) bond motifs is 5. The molecule has 4 rings (SSSR count). The maximum absolute atomic E-state index is 12.8. The summed E-state index contributed by atoms with van der Waals surface area (Å²) in [6.07, 6.45) is 11.6. The van der Waals surface area contributed by atoms with Gasteiger partial charge in [0.15, 0.2) is 5.78 Å². The van der Waals surface area contributed by atoms with E-state index in [-0.39, 0.29) is 38.9 Å². The Labute approximate surface area is 205 Å². The number of carboxylic acids is 1. The van der Waals surface area contributed by atoms with Crippen molar-refractivity contribution in [1.82, 2.24) is 0 Å². The van der Waals surface area contributed by atoms with Gasteiger partial charge in [-0.2, -0.15) is 0 Å². The van der Waals surface area contributed by atoms with Crippen molar-refractivity contribution in [3.63, 3.8) is 0 Å². The Hall–Kier alpha value is -1.71. The fourth-order valence-corrected chi connectivity index (χ4v) is 9.29. The Kier molecular flexibility index (Phi) is 6.10. The summed E-state index contributed by atoms with van der Waals surface area (Å²) in [4.78, 5) is 36.5. The van der Waals surface area contributed by atoms with E-state index in [1.54, 1.807) is 5.57 Å². The molecule has 0 heterocycles. The lowest BCUT2D eigenvalue weighted by atomic mass is 9.41. The average Bonchev–Trinajstić information content (AvgIpc) is 3.02. The zero-order valence-corrected chi connectivity index (χ0v) is 22.3. The molecule has 0 aliphatic heterocycles. The number of rotatable bonds is 5. The first-order valence-electron chi connectivity index (χ1n) is 13.4. The first-order chi connectivity index (χ1) is 15.7. The van der Waals surface area contributed by atoms with Gasteiger partial charge in [-0.05, 0) is 91.4 Å². The molecule has 3 saturated carbocycles. The van der Waals surface area contributed by atoms with Gasteiger partial charge in [-0.3, -0.25) is 9.59 Å². The van der Waals surface area contributed by atoms with Crippen LogP contribution in [-0.4, -0.2) is 22.6 Å². The predicted molar refractivity (Wildman–Crippen MR) is 134 cm³/mol. The fourth-order valence-electron chi connectivity index (χ4n) is 9.29. The molecule has 0 aromatic carbocycles. The molecule has 7 atom stereocenters. The van der Waals surface area contributed by atoms with Crippen LogP contribution >= 0.6 is 0 Å². The molecule has 0 spiro atoms. The third-order valence-electron chi connectivity index (χ3n) is 11.6. The second-order valence-corrected chi connectivity index (χ2v) is 13.4. The van der Waals surface area contributed by atoms with E-state index in [1.807, 2.05) is 0 Å². The van der Waals surface area contributed by atoms with E-state index in [1.165, 1.54) is 19.4 Å². The lowest BCUT2D eigenvalue weighted by Crippen LogP contribution is -2.57. The van der Waals surface area contributed by atoms with Crippen molar-refractivity contribution >= 4 is 17.5 Å². The van der Waals surface area contributed by atoms with Crippen LogP contribution in [0.3, 0.4) is 0 Å². The van der Waals surface area contributed by atoms with E-state index in [4.69, 9.17) is 5.11 Å². The van der Waals surface area contributed by atoms with E-state index in [9.17, 15) is 14.4 Å². The lowest BCUT2D eigenvalue weighted by Gasteiger charge is -2.63. The highest BCUT2D eigenvalue weighted by molar-refractivity contribution is 5.98. The molecule has 3 fully saturated rings. The van der Waals surface area contributed by atoms with Gasteiger partial charge in [0.05, 0.1) is 0 Å². The summed E-state index contributed by atoms with van der Waals surface area (Å²) in [7, 11) is 0. The summed E-state index contributed by atoms with van der Waals surface area (Å²) in [5.74, 6) is 0.993. The Morgan fingerprint density at radius 1 is 1.12 bits per heavy atom. The third-order valence-corrected chi connectivity index (χ3v) is 11.6. The summed E-state index contributed by atoms with van der Waals surface area (Å²) in [6.45, 7) is 15.5. The topological polar surface area (TPSA) is 71.4 Å². The fraction of sp³-hybridized carbons (Fsp3) is 0.767. The summed E-state index contributed by atoms with van der Waals surface area (Å²) in [6, 6.07) is 0. The van der Waals surface area contributed by atoms with Crippen LogP contribution in [0.1, 0.15) is 99.8 Å². The molecular weight excluding hydrogens is 424 g/mol. The summed E-state index contributed by atoms with van der Waals surface area (Å²) in [5, 5.41) is 9.12. The number of aliphatic carboxylic acids is 1. The van der Waals surface area contributed by atoms with E-state index < -0.39 is 5.97 Å². The highest BCUT2D eigenvalue weighted by atomic mass is 16.4. The van der Waals surface area contributed by atoms with Crippen LogP contribution in [0, 0.1) is 45.3 Å². The number of carboxylic acid groups (broad SMARTS) is 1. The van der Waals surface area contributed by atoms with E-state index in [0.29, 0.717) is 36.4 Å². The van der Waals surface area contributed by atoms with Gasteiger partial charge in [0.1, 0.15) is 5.78 Å². The number of hydrogen-bond acceptors (Lipinski definition) is 3. The van der Waals surface area contributed by atoms with Gasteiger partial charge in [-0.15, -0.1) is 0 Å². The van der Waals surface area contributed by atoms with Crippen LogP contribution in [0.5, 0.6) is 0 Å². The summed E-state index contributed by atoms with van der Waals surface area (Å²) in [5.41, 5.74) is 1.97. The number of ketones is 2. The quantitative estimate of drug-likeness (QED) is 0.356. The smallest absolute Gasteiger partial charge is 0.331 e. The highest BCUT2D eigenvalue weighted by Crippen LogP contribution is 2.73. The monoisotopic (exact) mass is 468 g/mol. The highest BCUT2D eigenvalue weighted by Gasteiger charge is 2.65. The average molecular weight is 469 g/mol. The third kappa shape index (κ3) is 3.49. The predicted octanol–water partition coefficient (Wildman–Crippen LogP) is 6.79. The number of allylic oxidation sites excluding steroid dienone is 3. The summed E-state index contributed by atoms with van der Waals surface area (Å²) < 4.78 is 0. The van der Waals surface area contributed by atoms with E-state index in [0.717, 1.165) is 32.1 Å². The van der Waals surface area contributed by atoms with Crippen LogP contribution in [0.4, 0.5) is 0 Å². The second kappa shape index (κ2) is 8.17. The van der Waals surface area contributed by atoms with Crippen LogP contribution in [0.15, 0.2) is 23.3 Å². The molecule has 4 heteroatoms. The van der Waals surface area contributed by atoms with Gasteiger partial charge >= 0.3 is 5.97 Å². The van der Waals surface area contributed by atoms with Crippen molar-refractivity contribution in [1.29, 1.82) is 0 Å². The van der Waals surface area contributed by atoms with Crippen molar-refractivity contribution < 1.29 is 19.5 Å². The zero-order chi connectivity index (χ0) is 25.3. The lowest BCUT2D eigenvalue weighted by molar-refractivity contribution is -0.146. The van der Waals surface area contributed by atoms with Gasteiger partial charge in [-0.25, -0.2) is 4.79 Å². The molecule has 4 aliphatic carbocycles. The molecule has 4 nitrogen and oxygen atoms in total.